The Morgan fingerprint density at radius 2 is 2.58 bits per heavy atom. The van der Waals surface area contributed by atoms with E-state index in [1.54, 1.807) is 6.20 Å². The minimum absolute atomic E-state index is 0.786. The lowest BCUT2D eigenvalue weighted by Crippen LogP contribution is -2.15. The van der Waals surface area contributed by atoms with Crippen LogP contribution in [0.1, 0.15) is 5.69 Å². The van der Waals surface area contributed by atoms with Crippen molar-refractivity contribution in [2.24, 2.45) is 7.05 Å². The van der Waals surface area contributed by atoms with Crippen LogP contribution in [0.25, 0.3) is 0 Å². The summed E-state index contributed by atoms with van der Waals surface area (Å²) in [5.41, 5.74) is 2.67. The molecule has 66 valence electrons. The molecule has 0 aliphatic carbocycles. The van der Waals surface area contributed by atoms with Crippen LogP contribution in [0.2, 0.25) is 0 Å². The van der Waals surface area contributed by atoms with E-state index in [0.29, 0.717) is 0 Å². The van der Waals surface area contributed by atoms with E-state index in [4.69, 9.17) is 11.6 Å². The highest BCUT2D eigenvalue weighted by Crippen LogP contribution is 1.94. The van der Waals surface area contributed by atoms with Crippen LogP contribution in [-0.4, -0.2) is 16.3 Å². The van der Waals surface area contributed by atoms with Crippen LogP contribution in [0.5, 0.6) is 0 Å². The zero-order valence-electron chi connectivity index (χ0n) is 7.00. The summed E-state index contributed by atoms with van der Waals surface area (Å²) in [6, 6.07) is 1.98. The van der Waals surface area contributed by atoms with Crippen molar-refractivity contribution in [1.29, 1.82) is 0 Å². The van der Waals surface area contributed by atoms with Crippen LogP contribution < -0.4 is 5.32 Å². The van der Waals surface area contributed by atoms with Crippen molar-refractivity contribution in [2.75, 3.05) is 6.54 Å². The Hall–Kier alpha value is -0.800. The normalized spacial score (nSPS) is 11.2. The molecule has 0 aliphatic rings. The second-order valence-electron chi connectivity index (χ2n) is 2.44. The molecule has 1 aromatic heterocycles. The van der Waals surface area contributed by atoms with E-state index < -0.39 is 0 Å². The largest absolute Gasteiger partial charge is 0.308 e. The highest BCUT2D eigenvalue weighted by Gasteiger charge is 1.94. The Morgan fingerprint density at radius 1 is 1.75 bits per heavy atom. The average molecular weight is 186 g/mol. The van der Waals surface area contributed by atoms with Gasteiger partial charge in [0, 0.05) is 31.9 Å². The Morgan fingerprint density at radius 3 is 3.17 bits per heavy atom. The molecule has 1 heterocycles. The minimum Gasteiger partial charge on any atom is -0.308 e. The predicted molar refractivity (Wildman–Crippen MR) is 49.9 cm³/mol. The highest BCUT2D eigenvalue weighted by molar-refractivity contribution is 6.25. The SMILES string of the molecule is Cn1nccc1CNC/C=C/Cl. The fourth-order valence-corrected chi connectivity index (χ4v) is 0.992. The van der Waals surface area contributed by atoms with E-state index in [9.17, 15) is 0 Å². The Labute approximate surface area is 77.0 Å². The van der Waals surface area contributed by atoms with E-state index >= 15 is 0 Å². The summed E-state index contributed by atoms with van der Waals surface area (Å²) in [6.45, 7) is 1.60. The molecule has 3 nitrogen and oxygen atoms in total. The molecule has 0 radical (unpaired) electrons. The zero-order valence-corrected chi connectivity index (χ0v) is 7.75. The molecule has 0 bridgehead atoms. The van der Waals surface area contributed by atoms with Crippen molar-refractivity contribution in [2.45, 2.75) is 6.54 Å². The maximum Gasteiger partial charge on any atom is 0.0518 e. The van der Waals surface area contributed by atoms with E-state index in [2.05, 4.69) is 10.4 Å². The summed E-state index contributed by atoms with van der Waals surface area (Å²) in [5, 5.41) is 7.25. The van der Waals surface area contributed by atoms with Crippen LogP contribution in [0, 0.1) is 0 Å². The molecule has 0 amide bonds. The third-order valence-corrected chi connectivity index (χ3v) is 1.76. The average Bonchev–Trinajstić information content (AvgIpc) is 2.46. The van der Waals surface area contributed by atoms with Crippen LogP contribution in [0.15, 0.2) is 23.9 Å². The quantitative estimate of drug-likeness (QED) is 0.716. The standard InChI is InChI=1S/C8H12ClN3/c1-12-8(3-6-11-12)7-10-5-2-4-9/h2-4,6,10H,5,7H2,1H3/b4-2+. The summed E-state index contributed by atoms with van der Waals surface area (Å²) in [7, 11) is 1.93. The molecule has 0 aliphatic heterocycles. The molecule has 0 spiro atoms. The molecule has 0 atom stereocenters. The van der Waals surface area contributed by atoms with Gasteiger partial charge in [-0.1, -0.05) is 17.7 Å². The van der Waals surface area contributed by atoms with Gasteiger partial charge in [-0.3, -0.25) is 4.68 Å². The number of aryl methyl sites for hydroxylation is 1. The molecule has 0 saturated heterocycles. The second kappa shape index (κ2) is 4.95. The molecular weight excluding hydrogens is 174 g/mol. The smallest absolute Gasteiger partial charge is 0.0518 e. The van der Waals surface area contributed by atoms with E-state index in [-0.39, 0.29) is 0 Å². The molecule has 0 saturated carbocycles. The molecule has 12 heavy (non-hydrogen) atoms. The van der Waals surface area contributed by atoms with Crippen LogP contribution in [0.4, 0.5) is 0 Å². The Bertz CT molecular complexity index is 255. The van der Waals surface area contributed by atoms with Gasteiger partial charge in [0.15, 0.2) is 0 Å². The number of rotatable bonds is 4. The molecular formula is C8H12ClN3. The van der Waals surface area contributed by atoms with Gasteiger partial charge in [0.1, 0.15) is 0 Å². The molecule has 1 rings (SSSR count). The predicted octanol–water partition coefficient (Wildman–Crippen LogP) is 1.26. The van der Waals surface area contributed by atoms with Crippen molar-refractivity contribution in [3.8, 4) is 0 Å². The first kappa shape index (κ1) is 9.29. The van der Waals surface area contributed by atoms with E-state index in [0.717, 1.165) is 18.8 Å². The van der Waals surface area contributed by atoms with Gasteiger partial charge < -0.3 is 5.32 Å². The molecule has 0 unspecified atom stereocenters. The number of nitrogens with zero attached hydrogens (tertiary/aromatic N) is 2. The van der Waals surface area contributed by atoms with Gasteiger partial charge in [0.05, 0.1) is 5.69 Å². The number of hydrogen-bond donors (Lipinski definition) is 1. The second-order valence-corrected chi connectivity index (χ2v) is 2.69. The molecule has 0 fully saturated rings. The maximum absolute atomic E-state index is 5.36. The summed E-state index contributed by atoms with van der Waals surface area (Å²) in [4.78, 5) is 0. The van der Waals surface area contributed by atoms with Crippen LogP contribution >= 0.6 is 11.6 Å². The van der Waals surface area contributed by atoms with Crippen molar-refractivity contribution in [3.05, 3.63) is 29.6 Å². The van der Waals surface area contributed by atoms with Gasteiger partial charge in [0.2, 0.25) is 0 Å². The van der Waals surface area contributed by atoms with Crippen molar-refractivity contribution in [1.82, 2.24) is 15.1 Å². The van der Waals surface area contributed by atoms with Crippen molar-refractivity contribution >= 4 is 11.6 Å². The van der Waals surface area contributed by atoms with Gasteiger partial charge in [-0.05, 0) is 6.07 Å². The summed E-state index contributed by atoms with van der Waals surface area (Å²) in [6.07, 6.45) is 3.65. The third kappa shape index (κ3) is 2.68. The summed E-state index contributed by atoms with van der Waals surface area (Å²) in [5.74, 6) is 0. The van der Waals surface area contributed by atoms with Gasteiger partial charge in [-0.15, -0.1) is 0 Å². The fourth-order valence-electron chi connectivity index (χ4n) is 0.903. The van der Waals surface area contributed by atoms with E-state index in [1.165, 1.54) is 5.54 Å². The van der Waals surface area contributed by atoms with Crippen molar-refractivity contribution in [3.63, 3.8) is 0 Å². The first-order chi connectivity index (χ1) is 5.84. The number of aromatic nitrogens is 2. The third-order valence-electron chi connectivity index (χ3n) is 1.58. The summed E-state index contributed by atoms with van der Waals surface area (Å²) >= 11 is 5.36. The number of halogens is 1. The topological polar surface area (TPSA) is 29.9 Å². The van der Waals surface area contributed by atoms with Crippen LogP contribution in [0.3, 0.4) is 0 Å². The van der Waals surface area contributed by atoms with Gasteiger partial charge in [-0.2, -0.15) is 5.10 Å². The number of nitrogens with one attached hydrogen (secondary N) is 1. The molecule has 1 aromatic rings. The zero-order chi connectivity index (χ0) is 8.81. The van der Waals surface area contributed by atoms with Gasteiger partial charge >= 0.3 is 0 Å². The first-order valence-corrected chi connectivity index (χ1v) is 4.21. The number of hydrogen-bond acceptors (Lipinski definition) is 2. The molecule has 0 aromatic carbocycles. The molecule has 4 heteroatoms. The van der Waals surface area contributed by atoms with Crippen LogP contribution in [-0.2, 0) is 13.6 Å². The maximum atomic E-state index is 5.36. The minimum atomic E-state index is 0.786. The van der Waals surface area contributed by atoms with E-state index in [1.807, 2.05) is 23.9 Å². The monoisotopic (exact) mass is 185 g/mol. The fraction of sp³-hybridized carbons (Fsp3) is 0.375. The molecule has 1 N–H and O–H groups in total. The van der Waals surface area contributed by atoms with Crippen molar-refractivity contribution < 1.29 is 0 Å². The highest BCUT2D eigenvalue weighted by atomic mass is 35.5. The Kier molecular flexibility index (Phi) is 3.84. The lowest BCUT2D eigenvalue weighted by atomic mass is 10.4. The Balaban J connectivity index is 2.28. The lowest BCUT2D eigenvalue weighted by Gasteiger charge is -2.01. The summed E-state index contributed by atoms with van der Waals surface area (Å²) < 4.78 is 1.84. The first-order valence-electron chi connectivity index (χ1n) is 3.77. The van der Waals surface area contributed by atoms with Gasteiger partial charge in [0.25, 0.3) is 0 Å². The van der Waals surface area contributed by atoms with Gasteiger partial charge in [-0.25, -0.2) is 0 Å². The lowest BCUT2D eigenvalue weighted by molar-refractivity contribution is 0.655.